The Bertz CT molecular complexity index is 1310. The number of carboxylic acid groups (broad SMARTS) is 1. The van der Waals surface area contributed by atoms with Crippen LogP contribution in [0.15, 0.2) is 36.0 Å². The van der Waals surface area contributed by atoms with Gasteiger partial charge in [0.2, 0.25) is 0 Å². The van der Waals surface area contributed by atoms with Gasteiger partial charge in [0.25, 0.3) is 0 Å². The molecule has 1 aliphatic heterocycles. The molecule has 6 nitrogen and oxygen atoms in total. The van der Waals surface area contributed by atoms with E-state index in [4.69, 9.17) is 9.84 Å². The van der Waals surface area contributed by atoms with Crippen molar-refractivity contribution in [2.45, 2.75) is 46.1 Å². The lowest BCUT2D eigenvalue weighted by atomic mass is 9.90. The summed E-state index contributed by atoms with van der Waals surface area (Å²) < 4.78 is 6.83. The first-order valence-corrected chi connectivity index (χ1v) is 11.3. The molecule has 0 bridgehead atoms. The second kappa shape index (κ2) is 8.48. The van der Waals surface area contributed by atoms with Gasteiger partial charge in [0.05, 0.1) is 39.9 Å². The SMILES string of the molecule is CC(C)(C)O.Cc1cc2ncsc2c(-c2ccc3c4c(ccnc24)CCO3)c1CC(=O)O. The third-order valence-electron chi connectivity index (χ3n) is 5.12. The highest BCUT2D eigenvalue weighted by molar-refractivity contribution is 7.17. The van der Waals surface area contributed by atoms with Crippen molar-refractivity contribution < 1.29 is 19.7 Å². The second-order valence-corrected chi connectivity index (χ2v) is 9.75. The first-order chi connectivity index (χ1) is 15.1. The van der Waals surface area contributed by atoms with Gasteiger partial charge >= 0.3 is 5.97 Å². The number of aliphatic hydroxyl groups is 1. The lowest BCUT2D eigenvalue weighted by Crippen LogP contribution is -2.10. The summed E-state index contributed by atoms with van der Waals surface area (Å²) in [6.07, 6.45) is 2.64. The van der Waals surface area contributed by atoms with Gasteiger partial charge in [-0.15, -0.1) is 11.3 Å². The molecular weight excluding hydrogens is 424 g/mol. The van der Waals surface area contributed by atoms with Crippen LogP contribution in [-0.2, 0) is 17.6 Å². The van der Waals surface area contributed by atoms with Gasteiger partial charge in [-0.2, -0.15) is 0 Å². The van der Waals surface area contributed by atoms with Crippen molar-refractivity contribution in [3.05, 3.63) is 52.7 Å². The lowest BCUT2D eigenvalue weighted by molar-refractivity contribution is -0.136. The van der Waals surface area contributed by atoms with Crippen LogP contribution in [0.1, 0.15) is 37.5 Å². The summed E-state index contributed by atoms with van der Waals surface area (Å²) in [6.45, 7) is 7.84. The molecule has 0 fully saturated rings. The van der Waals surface area contributed by atoms with Gasteiger partial charge in [0, 0.05) is 29.1 Å². The van der Waals surface area contributed by atoms with Gasteiger partial charge in [0.1, 0.15) is 5.75 Å². The zero-order valence-corrected chi connectivity index (χ0v) is 19.4. The van der Waals surface area contributed by atoms with Crippen molar-refractivity contribution in [2.24, 2.45) is 0 Å². The summed E-state index contributed by atoms with van der Waals surface area (Å²) in [5.74, 6) is -0.00155. The number of thiazole rings is 1. The molecule has 0 radical (unpaired) electrons. The maximum absolute atomic E-state index is 11.6. The summed E-state index contributed by atoms with van der Waals surface area (Å²) >= 11 is 1.53. The number of aryl methyl sites for hydroxylation is 1. The third-order valence-corrected chi connectivity index (χ3v) is 5.98. The lowest BCUT2D eigenvalue weighted by Gasteiger charge is -2.21. The molecule has 166 valence electrons. The van der Waals surface area contributed by atoms with E-state index in [0.717, 1.165) is 55.5 Å². The Hall–Kier alpha value is -3.03. The van der Waals surface area contributed by atoms with E-state index in [1.54, 1.807) is 26.3 Å². The van der Waals surface area contributed by atoms with Crippen molar-refractivity contribution in [2.75, 3.05) is 6.61 Å². The topological polar surface area (TPSA) is 92.5 Å². The number of benzene rings is 2. The minimum atomic E-state index is -0.845. The number of nitrogens with zero attached hydrogens (tertiary/aromatic N) is 2. The Labute approximate surface area is 190 Å². The van der Waals surface area contributed by atoms with Crippen LogP contribution in [-0.4, -0.2) is 38.4 Å². The number of carbonyl (C=O) groups is 1. The Morgan fingerprint density at radius 3 is 2.69 bits per heavy atom. The van der Waals surface area contributed by atoms with Gasteiger partial charge in [-0.3, -0.25) is 9.78 Å². The molecule has 32 heavy (non-hydrogen) atoms. The van der Waals surface area contributed by atoms with Crippen LogP contribution in [0, 0.1) is 6.92 Å². The fourth-order valence-corrected chi connectivity index (χ4v) is 4.79. The standard InChI is InChI=1S/C21H16N2O3S.C4H10O/c1-11-8-15-21(27-10-23-15)19(14(11)9-17(24)25)13-2-3-16-18-12(5-7-26-16)4-6-22-20(13)18;1-4(2,3)5/h2-4,6,8,10H,5,7,9H2,1H3,(H,24,25);5H,1-3H3. The molecule has 0 saturated heterocycles. The Morgan fingerprint density at radius 2 is 1.97 bits per heavy atom. The van der Waals surface area contributed by atoms with Crippen molar-refractivity contribution in [3.8, 4) is 16.9 Å². The van der Waals surface area contributed by atoms with Gasteiger partial charge < -0.3 is 14.9 Å². The first-order valence-electron chi connectivity index (χ1n) is 10.5. The Balaban J connectivity index is 0.000000444. The fourth-order valence-electron chi connectivity index (χ4n) is 3.94. The summed E-state index contributed by atoms with van der Waals surface area (Å²) in [7, 11) is 0. The molecule has 3 heterocycles. The average Bonchev–Trinajstić information content (AvgIpc) is 3.16. The average molecular weight is 451 g/mol. The molecule has 0 unspecified atom stereocenters. The van der Waals surface area contributed by atoms with Crippen LogP contribution >= 0.6 is 11.3 Å². The maximum Gasteiger partial charge on any atom is 0.307 e. The second-order valence-electron chi connectivity index (χ2n) is 8.89. The highest BCUT2D eigenvalue weighted by Crippen LogP contribution is 2.43. The molecule has 0 saturated carbocycles. The van der Waals surface area contributed by atoms with Crippen LogP contribution in [0.2, 0.25) is 0 Å². The smallest absolute Gasteiger partial charge is 0.307 e. The van der Waals surface area contributed by atoms with Crippen molar-refractivity contribution in [1.29, 1.82) is 0 Å². The maximum atomic E-state index is 11.6. The Kier molecular flexibility index (Phi) is 5.88. The molecule has 0 amide bonds. The van der Waals surface area contributed by atoms with Gasteiger partial charge in [-0.25, -0.2) is 4.98 Å². The van der Waals surface area contributed by atoms with E-state index < -0.39 is 11.6 Å². The van der Waals surface area contributed by atoms with E-state index in [0.29, 0.717) is 6.61 Å². The zero-order chi connectivity index (χ0) is 23.0. The van der Waals surface area contributed by atoms with Gasteiger partial charge in [-0.05, 0) is 68.7 Å². The number of hydrogen-bond acceptors (Lipinski definition) is 6. The first kappa shape index (κ1) is 22.2. The molecule has 2 aromatic heterocycles. The number of aromatic nitrogens is 2. The number of aliphatic carboxylic acids is 1. The zero-order valence-electron chi connectivity index (χ0n) is 18.6. The van der Waals surface area contributed by atoms with E-state index in [1.165, 1.54) is 16.9 Å². The number of ether oxygens (including phenoxy) is 1. The van der Waals surface area contributed by atoms with Crippen molar-refractivity contribution in [3.63, 3.8) is 0 Å². The number of pyridine rings is 1. The molecule has 0 atom stereocenters. The van der Waals surface area contributed by atoms with Crippen molar-refractivity contribution >= 4 is 38.4 Å². The minimum absolute atomic E-state index is 0.0333. The van der Waals surface area contributed by atoms with E-state index in [9.17, 15) is 9.90 Å². The predicted octanol–water partition coefficient (Wildman–Crippen LogP) is 5.16. The van der Waals surface area contributed by atoms with E-state index in [-0.39, 0.29) is 6.42 Å². The monoisotopic (exact) mass is 450 g/mol. The quantitative estimate of drug-likeness (QED) is 0.448. The summed E-state index contributed by atoms with van der Waals surface area (Å²) in [4.78, 5) is 20.7. The fraction of sp³-hybridized carbons (Fsp3) is 0.320. The molecule has 7 heteroatoms. The highest BCUT2D eigenvalue weighted by Gasteiger charge is 2.22. The Morgan fingerprint density at radius 1 is 1.22 bits per heavy atom. The molecule has 0 aliphatic carbocycles. The normalized spacial score (nSPS) is 12.9. The summed E-state index contributed by atoms with van der Waals surface area (Å²) in [5.41, 5.74) is 7.89. The van der Waals surface area contributed by atoms with E-state index in [1.807, 2.05) is 37.4 Å². The molecule has 2 aromatic carbocycles. The van der Waals surface area contributed by atoms with Crippen molar-refractivity contribution in [1.82, 2.24) is 9.97 Å². The minimum Gasteiger partial charge on any atom is -0.493 e. The van der Waals surface area contributed by atoms with Gasteiger partial charge in [0.15, 0.2) is 0 Å². The highest BCUT2D eigenvalue weighted by atomic mass is 32.1. The molecule has 4 aromatic rings. The van der Waals surface area contributed by atoms with Crippen LogP contribution in [0.25, 0.3) is 32.2 Å². The van der Waals surface area contributed by atoms with E-state index in [2.05, 4.69) is 9.97 Å². The molecular formula is C25H26N2O4S. The van der Waals surface area contributed by atoms with E-state index >= 15 is 0 Å². The van der Waals surface area contributed by atoms with Crippen LogP contribution in [0.5, 0.6) is 5.75 Å². The molecule has 0 spiro atoms. The van der Waals surface area contributed by atoms with Gasteiger partial charge in [-0.1, -0.05) is 0 Å². The van der Waals surface area contributed by atoms with Crippen LogP contribution < -0.4 is 4.74 Å². The summed E-state index contributed by atoms with van der Waals surface area (Å²) in [5, 5.41) is 19.0. The predicted molar refractivity (Wildman–Crippen MR) is 128 cm³/mol. The molecule has 5 rings (SSSR count). The number of fused-ring (bicyclic) bond motifs is 1. The van der Waals surface area contributed by atoms with Crippen LogP contribution in [0.4, 0.5) is 0 Å². The molecule has 1 aliphatic rings. The number of carboxylic acids is 1. The largest absolute Gasteiger partial charge is 0.493 e. The number of hydrogen-bond donors (Lipinski definition) is 2. The summed E-state index contributed by atoms with van der Waals surface area (Å²) in [6, 6.07) is 7.98. The van der Waals surface area contributed by atoms with Crippen LogP contribution in [0.3, 0.4) is 0 Å². The molecule has 2 N–H and O–H groups in total. The third kappa shape index (κ3) is 4.45. The number of rotatable bonds is 3.